The highest BCUT2D eigenvalue weighted by Gasteiger charge is 2.49. The monoisotopic (exact) mass is 325 g/mol. The Hall–Kier alpha value is -2.64. The predicted octanol–water partition coefficient (Wildman–Crippen LogP) is 0.825. The van der Waals surface area contributed by atoms with Crippen molar-refractivity contribution < 1.29 is 33.1 Å². The van der Waals surface area contributed by atoms with Gasteiger partial charge in [-0.25, -0.2) is 8.78 Å². The molecule has 0 fully saturated rings. The molecular formula is C15H13F2NO5. The smallest absolute Gasteiger partial charge is 0.322 e. The highest BCUT2D eigenvalue weighted by Crippen LogP contribution is 2.38. The van der Waals surface area contributed by atoms with E-state index in [9.17, 15) is 28.0 Å². The molecule has 1 aliphatic rings. The van der Waals surface area contributed by atoms with Crippen LogP contribution in [0.5, 0.6) is 0 Å². The molecule has 0 aromatic heterocycles. The first kappa shape index (κ1) is 16.7. The maximum absolute atomic E-state index is 13.4. The molecule has 0 heterocycles. The minimum absolute atomic E-state index is 0.00585. The van der Waals surface area contributed by atoms with Gasteiger partial charge in [-0.2, -0.15) is 0 Å². The van der Waals surface area contributed by atoms with E-state index in [-0.39, 0.29) is 11.1 Å². The number of nitrogens with one attached hydrogen (secondary N) is 1. The molecule has 0 bridgehead atoms. The Morgan fingerprint density at radius 2 is 1.78 bits per heavy atom. The minimum Gasteiger partial charge on any atom is -0.480 e. The summed E-state index contributed by atoms with van der Waals surface area (Å²) >= 11 is 0. The van der Waals surface area contributed by atoms with Gasteiger partial charge in [-0.3, -0.25) is 19.2 Å². The van der Waals surface area contributed by atoms with Crippen molar-refractivity contribution in [2.45, 2.75) is 19.3 Å². The number of hydrogen-bond acceptors (Lipinski definition) is 4. The van der Waals surface area contributed by atoms with Crippen LogP contribution in [0.25, 0.3) is 0 Å². The van der Waals surface area contributed by atoms with Gasteiger partial charge in [0, 0.05) is 5.56 Å². The fourth-order valence-corrected chi connectivity index (χ4v) is 2.54. The summed E-state index contributed by atoms with van der Waals surface area (Å²) in [6.07, 6.45) is 0. The molecule has 0 radical (unpaired) electrons. The fourth-order valence-electron chi connectivity index (χ4n) is 2.54. The van der Waals surface area contributed by atoms with E-state index in [4.69, 9.17) is 5.11 Å². The van der Waals surface area contributed by atoms with Gasteiger partial charge in [0.05, 0.1) is 5.41 Å². The van der Waals surface area contributed by atoms with Crippen LogP contribution >= 0.6 is 0 Å². The van der Waals surface area contributed by atoms with E-state index in [1.54, 1.807) is 0 Å². The molecule has 0 aliphatic heterocycles. The highest BCUT2D eigenvalue weighted by atomic mass is 19.2. The first-order chi connectivity index (χ1) is 10.6. The van der Waals surface area contributed by atoms with Crippen LogP contribution in [-0.2, 0) is 19.8 Å². The van der Waals surface area contributed by atoms with Crippen molar-refractivity contribution in [3.8, 4) is 0 Å². The van der Waals surface area contributed by atoms with Crippen LogP contribution in [0.1, 0.15) is 29.8 Å². The molecule has 122 valence electrons. The van der Waals surface area contributed by atoms with Gasteiger partial charge in [0.2, 0.25) is 5.91 Å². The Labute approximate surface area is 129 Å². The van der Waals surface area contributed by atoms with Crippen molar-refractivity contribution in [1.29, 1.82) is 0 Å². The standard InChI is InChI=1S/C15H13F2NO5/c1-15(2)7-4-9(17)8(16)3-6(7)12(21)11(13(15)22)14(23)18-5-10(19)20/h3-4,11H,5H2,1-2H3,(H,18,23)(H,19,20). The molecule has 6 nitrogen and oxygen atoms in total. The minimum atomic E-state index is -1.79. The fraction of sp³-hybridized carbons (Fsp3) is 0.333. The van der Waals surface area contributed by atoms with Crippen LogP contribution < -0.4 is 5.32 Å². The lowest BCUT2D eigenvalue weighted by Gasteiger charge is -2.34. The average Bonchev–Trinajstić information content (AvgIpc) is 2.45. The molecule has 2 N–H and O–H groups in total. The van der Waals surface area contributed by atoms with E-state index in [1.807, 2.05) is 5.32 Å². The summed E-state index contributed by atoms with van der Waals surface area (Å²) in [5.74, 6) is -8.47. The number of carbonyl (C=O) groups excluding carboxylic acids is 3. The molecule has 0 spiro atoms. The molecule has 1 unspecified atom stereocenters. The number of carboxylic acids is 1. The van der Waals surface area contributed by atoms with E-state index in [0.29, 0.717) is 6.07 Å². The zero-order valence-corrected chi connectivity index (χ0v) is 12.3. The van der Waals surface area contributed by atoms with E-state index >= 15 is 0 Å². The van der Waals surface area contributed by atoms with Crippen LogP contribution in [-0.4, -0.2) is 35.1 Å². The van der Waals surface area contributed by atoms with Gasteiger partial charge in [-0.05, 0) is 31.5 Å². The maximum atomic E-state index is 13.4. The molecule has 1 aliphatic carbocycles. The van der Waals surface area contributed by atoms with Crippen LogP contribution in [0.3, 0.4) is 0 Å². The summed E-state index contributed by atoms with van der Waals surface area (Å²) in [5.41, 5.74) is -1.67. The van der Waals surface area contributed by atoms with Gasteiger partial charge in [-0.1, -0.05) is 0 Å². The summed E-state index contributed by atoms with van der Waals surface area (Å²) in [7, 11) is 0. The molecule has 1 atom stereocenters. The Balaban J connectivity index is 2.51. The van der Waals surface area contributed by atoms with E-state index in [0.717, 1.165) is 6.07 Å². The van der Waals surface area contributed by atoms with Crippen molar-refractivity contribution in [2.75, 3.05) is 6.54 Å². The van der Waals surface area contributed by atoms with Crippen LogP contribution in [0.4, 0.5) is 8.78 Å². The number of carbonyl (C=O) groups is 4. The zero-order valence-electron chi connectivity index (χ0n) is 12.3. The second-order valence-electron chi connectivity index (χ2n) is 5.71. The van der Waals surface area contributed by atoms with Crippen molar-refractivity contribution in [3.63, 3.8) is 0 Å². The van der Waals surface area contributed by atoms with Crippen molar-refractivity contribution in [2.24, 2.45) is 5.92 Å². The number of hydrogen-bond donors (Lipinski definition) is 2. The molecule has 0 saturated carbocycles. The number of Topliss-reactive ketones (excluding diaryl/α,β-unsaturated/α-hetero) is 2. The summed E-state index contributed by atoms with van der Waals surface area (Å²) in [5, 5.41) is 10.5. The second kappa shape index (κ2) is 5.53. The number of carboxylic acid groups (broad SMARTS) is 1. The number of fused-ring (bicyclic) bond motifs is 1. The maximum Gasteiger partial charge on any atom is 0.322 e. The number of amides is 1. The summed E-state index contributed by atoms with van der Waals surface area (Å²) in [6.45, 7) is 2.01. The van der Waals surface area contributed by atoms with Crippen LogP contribution in [0.2, 0.25) is 0 Å². The van der Waals surface area contributed by atoms with E-state index in [2.05, 4.69) is 0 Å². The Bertz CT molecular complexity index is 742. The third-order valence-electron chi connectivity index (χ3n) is 3.82. The third kappa shape index (κ3) is 2.71. The molecule has 23 heavy (non-hydrogen) atoms. The summed E-state index contributed by atoms with van der Waals surface area (Å²) in [6, 6.07) is 1.42. The molecule has 1 aromatic rings. The van der Waals surface area contributed by atoms with Crippen LogP contribution in [0, 0.1) is 17.6 Å². The van der Waals surface area contributed by atoms with Crippen molar-refractivity contribution >= 4 is 23.4 Å². The molecule has 2 rings (SSSR count). The lowest BCUT2D eigenvalue weighted by Crippen LogP contribution is -2.51. The lowest BCUT2D eigenvalue weighted by atomic mass is 9.66. The topological polar surface area (TPSA) is 101 Å². The molecular weight excluding hydrogens is 312 g/mol. The van der Waals surface area contributed by atoms with Gasteiger partial charge in [-0.15, -0.1) is 0 Å². The van der Waals surface area contributed by atoms with Gasteiger partial charge in [0.25, 0.3) is 0 Å². The normalized spacial score (nSPS) is 19.2. The Morgan fingerprint density at radius 3 is 2.35 bits per heavy atom. The summed E-state index contributed by atoms with van der Waals surface area (Å²) < 4.78 is 26.8. The third-order valence-corrected chi connectivity index (χ3v) is 3.82. The van der Waals surface area contributed by atoms with Gasteiger partial charge >= 0.3 is 5.97 Å². The van der Waals surface area contributed by atoms with Crippen molar-refractivity contribution in [3.05, 3.63) is 34.9 Å². The predicted molar refractivity (Wildman–Crippen MR) is 72.9 cm³/mol. The number of benzene rings is 1. The number of rotatable bonds is 3. The highest BCUT2D eigenvalue weighted by molar-refractivity contribution is 6.28. The Morgan fingerprint density at radius 1 is 1.22 bits per heavy atom. The van der Waals surface area contributed by atoms with Gasteiger partial charge in [0.1, 0.15) is 6.54 Å². The quantitative estimate of drug-likeness (QED) is 0.802. The molecule has 0 saturated heterocycles. The van der Waals surface area contributed by atoms with Crippen molar-refractivity contribution in [1.82, 2.24) is 5.32 Å². The van der Waals surface area contributed by atoms with Crippen LogP contribution in [0.15, 0.2) is 12.1 Å². The number of ketones is 2. The first-order valence-corrected chi connectivity index (χ1v) is 6.65. The largest absolute Gasteiger partial charge is 0.480 e. The van der Waals surface area contributed by atoms with Gasteiger partial charge in [0.15, 0.2) is 29.1 Å². The average molecular weight is 325 g/mol. The second-order valence-corrected chi connectivity index (χ2v) is 5.71. The van der Waals surface area contributed by atoms with E-state index < -0.39 is 53.0 Å². The molecule has 1 aromatic carbocycles. The zero-order chi connectivity index (χ0) is 17.5. The number of aliphatic carboxylic acids is 1. The first-order valence-electron chi connectivity index (χ1n) is 6.65. The van der Waals surface area contributed by atoms with E-state index in [1.165, 1.54) is 13.8 Å². The number of halogens is 2. The summed E-state index contributed by atoms with van der Waals surface area (Å²) in [4.78, 5) is 47.3. The van der Waals surface area contributed by atoms with Gasteiger partial charge < -0.3 is 10.4 Å². The molecule has 8 heteroatoms. The SMILES string of the molecule is CC1(C)C(=O)C(C(=O)NCC(=O)O)C(=O)c2cc(F)c(F)cc21. The molecule has 1 amide bonds. The lowest BCUT2D eigenvalue weighted by molar-refractivity contribution is -0.140. The Kier molecular flexibility index (Phi) is 4.02.